The van der Waals surface area contributed by atoms with Crippen LogP contribution < -0.4 is 5.32 Å². The molecule has 0 radical (unpaired) electrons. The number of halogens is 2. The van der Waals surface area contributed by atoms with Gasteiger partial charge in [0.2, 0.25) is 0 Å². The Morgan fingerprint density at radius 3 is 2.21 bits per heavy atom. The Kier molecular flexibility index (Phi) is 3.44. The molecule has 1 N–H and O–H groups in total. The normalized spacial score (nSPS) is 11.4. The Bertz CT molecular complexity index is 280. The second-order valence-electron chi connectivity index (χ2n) is 3.28. The molecule has 1 aromatic rings. The summed E-state index contributed by atoms with van der Waals surface area (Å²) in [7, 11) is 1.76. The van der Waals surface area contributed by atoms with E-state index in [1.807, 2.05) is 0 Å². The molecular weight excluding hydrogens is 184 g/mol. The second kappa shape index (κ2) is 4.40. The fourth-order valence-electron chi connectivity index (χ4n) is 1.34. The van der Waals surface area contributed by atoms with Crippen molar-refractivity contribution >= 4 is 5.69 Å². The van der Waals surface area contributed by atoms with E-state index in [9.17, 15) is 8.78 Å². The lowest BCUT2D eigenvalue weighted by Gasteiger charge is -2.15. The van der Waals surface area contributed by atoms with Gasteiger partial charge in [-0.15, -0.1) is 0 Å². The van der Waals surface area contributed by atoms with Crippen LogP contribution in [0.4, 0.5) is 14.5 Å². The molecule has 0 amide bonds. The van der Waals surface area contributed by atoms with Crippen molar-refractivity contribution in [3.05, 3.63) is 29.8 Å². The largest absolute Gasteiger partial charge is 0.388 e. The van der Waals surface area contributed by atoms with Gasteiger partial charge in [-0.05, 0) is 12.1 Å². The van der Waals surface area contributed by atoms with E-state index < -0.39 is 5.92 Å². The number of benzene rings is 1. The maximum atomic E-state index is 13.4. The first-order valence-electron chi connectivity index (χ1n) is 4.76. The van der Waals surface area contributed by atoms with E-state index in [0.29, 0.717) is 6.42 Å². The highest BCUT2D eigenvalue weighted by molar-refractivity contribution is 5.44. The van der Waals surface area contributed by atoms with Crippen LogP contribution in [0.25, 0.3) is 0 Å². The van der Waals surface area contributed by atoms with Gasteiger partial charge in [0, 0.05) is 24.7 Å². The average Bonchev–Trinajstić information content (AvgIpc) is 2.18. The van der Waals surface area contributed by atoms with E-state index in [2.05, 4.69) is 5.32 Å². The molecule has 0 atom stereocenters. The first-order valence-corrected chi connectivity index (χ1v) is 4.76. The zero-order valence-corrected chi connectivity index (χ0v) is 8.48. The molecule has 0 aliphatic rings. The van der Waals surface area contributed by atoms with Crippen molar-refractivity contribution in [3.8, 4) is 0 Å². The minimum absolute atomic E-state index is 0.0914. The van der Waals surface area contributed by atoms with E-state index in [1.165, 1.54) is 12.1 Å². The molecule has 3 heteroatoms. The van der Waals surface area contributed by atoms with Crippen LogP contribution in [0.5, 0.6) is 0 Å². The molecule has 0 bridgehead atoms. The zero-order chi connectivity index (χ0) is 10.6. The van der Waals surface area contributed by atoms with Gasteiger partial charge in [-0.1, -0.05) is 25.5 Å². The molecule has 0 aliphatic carbocycles. The van der Waals surface area contributed by atoms with Crippen LogP contribution in [-0.4, -0.2) is 7.05 Å². The lowest BCUT2D eigenvalue weighted by atomic mass is 10.0. The van der Waals surface area contributed by atoms with Gasteiger partial charge in [0.25, 0.3) is 5.92 Å². The molecule has 0 aliphatic heterocycles. The van der Waals surface area contributed by atoms with Crippen molar-refractivity contribution < 1.29 is 8.78 Å². The van der Waals surface area contributed by atoms with E-state index in [4.69, 9.17) is 0 Å². The maximum Gasteiger partial charge on any atom is 0.273 e. The van der Waals surface area contributed by atoms with Crippen LogP contribution in [0.3, 0.4) is 0 Å². The van der Waals surface area contributed by atoms with Crippen molar-refractivity contribution in [2.24, 2.45) is 0 Å². The number of alkyl halides is 2. The molecule has 0 saturated carbocycles. The summed E-state index contributed by atoms with van der Waals surface area (Å²) < 4.78 is 26.7. The number of rotatable bonds is 4. The predicted octanol–water partition coefficient (Wildman–Crippen LogP) is 3.62. The van der Waals surface area contributed by atoms with E-state index >= 15 is 0 Å². The number of hydrogen-bond donors (Lipinski definition) is 1. The summed E-state index contributed by atoms with van der Waals surface area (Å²) in [5.74, 6) is -2.69. The molecule has 78 valence electrons. The SMILES string of the molecule is CCCC(F)(F)c1ccc(NC)cc1. The van der Waals surface area contributed by atoms with Crippen LogP contribution >= 0.6 is 0 Å². The molecule has 0 unspecified atom stereocenters. The van der Waals surface area contributed by atoms with Crippen LogP contribution in [0.1, 0.15) is 25.3 Å². The summed E-state index contributed by atoms with van der Waals surface area (Å²) in [4.78, 5) is 0. The monoisotopic (exact) mass is 199 g/mol. The first kappa shape index (κ1) is 11.0. The van der Waals surface area contributed by atoms with Crippen molar-refractivity contribution in [1.82, 2.24) is 0 Å². The van der Waals surface area contributed by atoms with Crippen molar-refractivity contribution in [1.29, 1.82) is 0 Å². The Labute approximate surface area is 83.1 Å². The van der Waals surface area contributed by atoms with Crippen molar-refractivity contribution in [2.75, 3.05) is 12.4 Å². The second-order valence-corrected chi connectivity index (χ2v) is 3.28. The maximum absolute atomic E-state index is 13.4. The fraction of sp³-hybridized carbons (Fsp3) is 0.455. The molecule has 0 spiro atoms. The highest BCUT2D eigenvalue weighted by atomic mass is 19.3. The fourth-order valence-corrected chi connectivity index (χ4v) is 1.34. The standard InChI is InChI=1S/C11H15F2N/c1-3-8-11(12,13)9-4-6-10(14-2)7-5-9/h4-7,14H,3,8H2,1-2H3. The molecule has 0 aromatic heterocycles. The molecule has 1 aromatic carbocycles. The van der Waals surface area contributed by atoms with Gasteiger partial charge in [-0.2, -0.15) is 0 Å². The number of nitrogens with one attached hydrogen (secondary N) is 1. The lowest BCUT2D eigenvalue weighted by molar-refractivity contribution is -0.0140. The molecule has 0 saturated heterocycles. The Balaban J connectivity index is 2.85. The quantitative estimate of drug-likeness (QED) is 0.780. The summed E-state index contributed by atoms with van der Waals surface area (Å²) in [5, 5.41) is 2.89. The third-order valence-electron chi connectivity index (χ3n) is 2.16. The molecule has 1 nitrogen and oxygen atoms in total. The van der Waals surface area contributed by atoms with Crippen molar-refractivity contribution in [2.45, 2.75) is 25.7 Å². The van der Waals surface area contributed by atoms with Crippen molar-refractivity contribution in [3.63, 3.8) is 0 Å². The van der Waals surface area contributed by atoms with Gasteiger partial charge >= 0.3 is 0 Å². The third-order valence-corrected chi connectivity index (χ3v) is 2.16. The number of hydrogen-bond acceptors (Lipinski definition) is 1. The smallest absolute Gasteiger partial charge is 0.273 e. The lowest BCUT2D eigenvalue weighted by Crippen LogP contribution is -2.12. The molecule has 1 rings (SSSR count). The van der Waals surface area contributed by atoms with Gasteiger partial charge < -0.3 is 5.32 Å². The van der Waals surface area contributed by atoms with E-state index in [0.717, 1.165) is 5.69 Å². The average molecular weight is 199 g/mol. The highest BCUT2D eigenvalue weighted by Gasteiger charge is 2.29. The zero-order valence-electron chi connectivity index (χ0n) is 8.48. The van der Waals surface area contributed by atoms with Gasteiger partial charge in [-0.25, -0.2) is 8.78 Å². The summed E-state index contributed by atoms with van der Waals surface area (Å²) in [6.07, 6.45) is 0.396. The predicted molar refractivity (Wildman–Crippen MR) is 54.8 cm³/mol. The summed E-state index contributed by atoms with van der Waals surface area (Å²) in [6, 6.07) is 6.28. The van der Waals surface area contributed by atoms with Gasteiger partial charge in [0.05, 0.1) is 0 Å². The van der Waals surface area contributed by atoms with E-state index in [1.54, 1.807) is 26.1 Å². The molecule has 0 heterocycles. The van der Waals surface area contributed by atoms with Crippen LogP contribution in [0, 0.1) is 0 Å². The number of anilines is 1. The van der Waals surface area contributed by atoms with Gasteiger partial charge in [-0.3, -0.25) is 0 Å². The van der Waals surface area contributed by atoms with Crippen LogP contribution in [0.15, 0.2) is 24.3 Å². The van der Waals surface area contributed by atoms with E-state index in [-0.39, 0.29) is 12.0 Å². The Morgan fingerprint density at radius 2 is 1.79 bits per heavy atom. The van der Waals surface area contributed by atoms with Crippen LogP contribution in [-0.2, 0) is 5.92 Å². The molecular formula is C11H15F2N. The molecule has 14 heavy (non-hydrogen) atoms. The van der Waals surface area contributed by atoms with Gasteiger partial charge in [0.15, 0.2) is 0 Å². The highest BCUT2D eigenvalue weighted by Crippen LogP contribution is 2.33. The van der Waals surface area contributed by atoms with Crippen LogP contribution in [0.2, 0.25) is 0 Å². The molecule has 0 fully saturated rings. The summed E-state index contributed by atoms with van der Waals surface area (Å²) in [5.41, 5.74) is 0.944. The third kappa shape index (κ3) is 2.44. The summed E-state index contributed by atoms with van der Waals surface area (Å²) in [6.45, 7) is 1.76. The minimum atomic E-state index is -2.69. The minimum Gasteiger partial charge on any atom is -0.388 e. The first-order chi connectivity index (χ1) is 6.60. The van der Waals surface area contributed by atoms with Gasteiger partial charge in [0.1, 0.15) is 0 Å². The topological polar surface area (TPSA) is 12.0 Å². The Hall–Kier alpha value is -1.12. The summed E-state index contributed by atoms with van der Waals surface area (Å²) >= 11 is 0. The Morgan fingerprint density at radius 1 is 1.21 bits per heavy atom.